The number of rotatable bonds is 3. The molecule has 92 valence electrons. The number of nitrogens with zero attached hydrogens (tertiary/aromatic N) is 1. The molecule has 0 aliphatic carbocycles. The molecule has 17 heavy (non-hydrogen) atoms. The first-order chi connectivity index (χ1) is 8.16. The maximum absolute atomic E-state index is 11.4. The van der Waals surface area contributed by atoms with Gasteiger partial charge in [-0.25, -0.2) is 0 Å². The zero-order valence-electron chi connectivity index (χ0n) is 10.2. The molecule has 0 fully saturated rings. The number of amides is 1. The van der Waals surface area contributed by atoms with Crippen LogP contribution in [0, 0.1) is 0 Å². The first-order valence-electron chi connectivity index (χ1n) is 5.75. The van der Waals surface area contributed by atoms with Crippen LogP contribution >= 0.6 is 0 Å². The number of benzene rings is 1. The minimum absolute atomic E-state index is 0.0426. The minimum atomic E-state index is -0.0426. The Morgan fingerprint density at radius 1 is 1.47 bits per heavy atom. The molecule has 0 saturated heterocycles. The van der Waals surface area contributed by atoms with Crippen molar-refractivity contribution in [1.29, 1.82) is 0 Å². The van der Waals surface area contributed by atoms with Gasteiger partial charge in [-0.05, 0) is 36.6 Å². The van der Waals surface area contributed by atoms with E-state index in [2.05, 4.69) is 0 Å². The van der Waals surface area contributed by atoms with Gasteiger partial charge in [0.05, 0.1) is 6.61 Å². The Hall–Kier alpha value is -1.71. The predicted octanol–water partition coefficient (Wildman–Crippen LogP) is 1.48. The second kappa shape index (κ2) is 5.08. The standard InChI is InChI=1S/C13H17NO3/c1-14(2)13(15)9-17-11-5-6-12-10(8-11)4-3-7-16-12/h5-6,8H,3-4,7,9H2,1-2H3. The van der Waals surface area contributed by atoms with Gasteiger partial charge in [0.1, 0.15) is 11.5 Å². The highest BCUT2D eigenvalue weighted by Crippen LogP contribution is 2.28. The quantitative estimate of drug-likeness (QED) is 0.796. The molecule has 0 radical (unpaired) electrons. The van der Waals surface area contributed by atoms with Crippen LogP contribution in [0.5, 0.6) is 11.5 Å². The maximum atomic E-state index is 11.4. The molecule has 2 rings (SSSR count). The van der Waals surface area contributed by atoms with E-state index in [0.717, 1.165) is 36.5 Å². The monoisotopic (exact) mass is 235 g/mol. The number of fused-ring (bicyclic) bond motifs is 1. The van der Waals surface area contributed by atoms with E-state index in [9.17, 15) is 4.79 Å². The van der Waals surface area contributed by atoms with Gasteiger partial charge in [0.2, 0.25) is 0 Å². The lowest BCUT2D eigenvalue weighted by molar-refractivity contribution is -0.130. The van der Waals surface area contributed by atoms with Crippen LogP contribution in [0.4, 0.5) is 0 Å². The van der Waals surface area contributed by atoms with Crippen molar-refractivity contribution in [2.75, 3.05) is 27.3 Å². The van der Waals surface area contributed by atoms with E-state index in [1.54, 1.807) is 14.1 Å². The van der Waals surface area contributed by atoms with Crippen LogP contribution in [0.3, 0.4) is 0 Å². The number of hydrogen-bond acceptors (Lipinski definition) is 3. The Balaban J connectivity index is 2.00. The Labute approximate surface area is 101 Å². The van der Waals surface area contributed by atoms with Gasteiger partial charge in [-0.2, -0.15) is 0 Å². The number of aryl methyl sites for hydroxylation is 1. The lowest BCUT2D eigenvalue weighted by atomic mass is 10.1. The molecule has 1 amide bonds. The summed E-state index contributed by atoms with van der Waals surface area (Å²) in [5.41, 5.74) is 1.16. The van der Waals surface area contributed by atoms with Crippen LogP contribution in [0.15, 0.2) is 18.2 Å². The molecule has 1 aromatic carbocycles. The summed E-state index contributed by atoms with van der Waals surface area (Å²) in [5.74, 6) is 1.62. The number of carbonyl (C=O) groups is 1. The topological polar surface area (TPSA) is 38.8 Å². The Kier molecular flexibility index (Phi) is 3.52. The molecule has 4 nitrogen and oxygen atoms in total. The fourth-order valence-corrected chi connectivity index (χ4v) is 1.70. The van der Waals surface area contributed by atoms with E-state index in [-0.39, 0.29) is 12.5 Å². The van der Waals surface area contributed by atoms with Crippen molar-refractivity contribution in [2.24, 2.45) is 0 Å². The van der Waals surface area contributed by atoms with Gasteiger partial charge in [0.15, 0.2) is 6.61 Å². The molecule has 0 N–H and O–H groups in total. The zero-order chi connectivity index (χ0) is 12.3. The summed E-state index contributed by atoms with van der Waals surface area (Å²) in [6.07, 6.45) is 2.04. The third-order valence-electron chi connectivity index (χ3n) is 2.74. The molecule has 1 aromatic rings. The highest BCUT2D eigenvalue weighted by Gasteiger charge is 2.11. The highest BCUT2D eigenvalue weighted by atomic mass is 16.5. The fraction of sp³-hybridized carbons (Fsp3) is 0.462. The summed E-state index contributed by atoms with van der Waals surface area (Å²) >= 11 is 0. The summed E-state index contributed by atoms with van der Waals surface area (Å²) < 4.78 is 11.0. The number of carbonyl (C=O) groups excluding carboxylic acids is 1. The van der Waals surface area contributed by atoms with E-state index in [1.165, 1.54) is 4.90 Å². The third-order valence-corrected chi connectivity index (χ3v) is 2.74. The predicted molar refractivity (Wildman–Crippen MR) is 64.4 cm³/mol. The lowest BCUT2D eigenvalue weighted by Crippen LogP contribution is -2.27. The van der Waals surface area contributed by atoms with Crippen LogP contribution in [0.2, 0.25) is 0 Å². The highest BCUT2D eigenvalue weighted by molar-refractivity contribution is 5.77. The van der Waals surface area contributed by atoms with E-state index in [4.69, 9.17) is 9.47 Å². The van der Waals surface area contributed by atoms with Crippen molar-refractivity contribution in [2.45, 2.75) is 12.8 Å². The number of likely N-dealkylation sites (N-methyl/N-ethyl adjacent to an activating group) is 1. The van der Waals surface area contributed by atoms with E-state index in [1.807, 2.05) is 18.2 Å². The van der Waals surface area contributed by atoms with Crippen LogP contribution < -0.4 is 9.47 Å². The maximum Gasteiger partial charge on any atom is 0.259 e. The Morgan fingerprint density at radius 3 is 3.06 bits per heavy atom. The smallest absolute Gasteiger partial charge is 0.259 e. The molecule has 0 atom stereocenters. The number of ether oxygens (including phenoxy) is 2. The molecule has 0 bridgehead atoms. The van der Waals surface area contributed by atoms with Gasteiger partial charge in [0, 0.05) is 14.1 Å². The molecule has 4 heteroatoms. The van der Waals surface area contributed by atoms with E-state index < -0.39 is 0 Å². The molecule has 0 saturated carbocycles. The van der Waals surface area contributed by atoms with Crippen LogP contribution in [-0.2, 0) is 11.2 Å². The molecule has 1 heterocycles. The minimum Gasteiger partial charge on any atom is -0.493 e. The van der Waals surface area contributed by atoms with Crippen molar-refractivity contribution in [3.8, 4) is 11.5 Å². The van der Waals surface area contributed by atoms with Gasteiger partial charge in [-0.15, -0.1) is 0 Å². The first-order valence-corrected chi connectivity index (χ1v) is 5.75. The van der Waals surface area contributed by atoms with Crippen LogP contribution in [0.1, 0.15) is 12.0 Å². The summed E-state index contributed by atoms with van der Waals surface area (Å²) in [6, 6.07) is 5.70. The van der Waals surface area contributed by atoms with E-state index >= 15 is 0 Å². The normalized spacial score (nSPS) is 13.5. The lowest BCUT2D eigenvalue weighted by Gasteiger charge is -2.18. The molecule has 0 spiro atoms. The molecular weight excluding hydrogens is 218 g/mol. The van der Waals surface area contributed by atoms with Gasteiger partial charge in [0.25, 0.3) is 5.91 Å². The Bertz CT molecular complexity index is 415. The molecule has 0 unspecified atom stereocenters. The molecule has 1 aliphatic rings. The molecular formula is C13H17NO3. The van der Waals surface area contributed by atoms with Gasteiger partial charge in [-0.3, -0.25) is 4.79 Å². The van der Waals surface area contributed by atoms with Gasteiger partial charge < -0.3 is 14.4 Å². The van der Waals surface area contributed by atoms with Crippen LogP contribution in [-0.4, -0.2) is 38.1 Å². The van der Waals surface area contributed by atoms with Crippen molar-refractivity contribution < 1.29 is 14.3 Å². The Morgan fingerprint density at radius 2 is 2.29 bits per heavy atom. The zero-order valence-corrected chi connectivity index (χ0v) is 10.2. The average Bonchev–Trinajstić information content (AvgIpc) is 2.35. The fourth-order valence-electron chi connectivity index (χ4n) is 1.70. The average molecular weight is 235 g/mol. The summed E-state index contributed by atoms with van der Waals surface area (Å²) in [6.45, 7) is 0.860. The second-order valence-electron chi connectivity index (χ2n) is 4.30. The second-order valence-corrected chi connectivity index (χ2v) is 4.30. The van der Waals surface area contributed by atoms with Gasteiger partial charge in [-0.1, -0.05) is 0 Å². The van der Waals surface area contributed by atoms with Crippen molar-refractivity contribution in [3.63, 3.8) is 0 Å². The SMILES string of the molecule is CN(C)C(=O)COc1ccc2c(c1)CCCO2. The van der Waals surface area contributed by atoms with E-state index in [0.29, 0.717) is 0 Å². The number of hydrogen-bond donors (Lipinski definition) is 0. The summed E-state index contributed by atoms with van der Waals surface area (Å²) in [7, 11) is 3.43. The third kappa shape index (κ3) is 2.90. The molecule has 1 aliphatic heterocycles. The van der Waals surface area contributed by atoms with Crippen LogP contribution in [0.25, 0.3) is 0 Å². The van der Waals surface area contributed by atoms with Crippen molar-refractivity contribution in [3.05, 3.63) is 23.8 Å². The van der Waals surface area contributed by atoms with Gasteiger partial charge >= 0.3 is 0 Å². The molecule has 0 aromatic heterocycles. The van der Waals surface area contributed by atoms with Crippen molar-refractivity contribution in [1.82, 2.24) is 4.90 Å². The van der Waals surface area contributed by atoms with Crippen molar-refractivity contribution >= 4 is 5.91 Å². The first kappa shape index (κ1) is 11.8. The summed E-state index contributed by atoms with van der Waals surface area (Å²) in [4.78, 5) is 12.9. The largest absolute Gasteiger partial charge is 0.493 e. The summed E-state index contributed by atoms with van der Waals surface area (Å²) in [5, 5.41) is 0.